The van der Waals surface area contributed by atoms with E-state index in [1.807, 2.05) is 18.7 Å². The molecule has 0 fully saturated rings. The van der Waals surface area contributed by atoms with E-state index in [0.29, 0.717) is 0 Å². The molecule has 92 valence electrons. The summed E-state index contributed by atoms with van der Waals surface area (Å²) < 4.78 is 2.11. The number of anilines is 1. The molecule has 17 heavy (non-hydrogen) atoms. The smallest absolute Gasteiger partial charge is 0.183 e. The van der Waals surface area contributed by atoms with Crippen LogP contribution in [-0.2, 0) is 6.54 Å². The van der Waals surface area contributed by atoms with Gasteiger partial charge < -0.3 is 9.88 Å². The summed E-state index contributed by atoms with van der Waals surface area (Å²) in [6.45, 7) is 6.19. The van der Waals surface area contributed by atoms with Gasteiger partial charge in [-0.1, -0.05) is 0 Å². The maximum Gasteiger partial charge on any atom is 0.183 e. The molecule has 0 spiro atoms. The number of thiazole rings is 1. The number of imidazole rings is 1. The van der Waals surface area contributed by atoms with Gasteiger partial charge in [0.15, 0.2) is 5.13 Å². The highest BCUT2D eigenvalue weighted by molar-refractivity contribution is 7.15. The summed E-state index contributed by atoms with van der Waals surface area (Å²) in [6.07, 6.45) is 7.99. The second kappa shape index (κ2) is 5.82. The van der Waals surface area contributed by atoms with E-state index in [1.165, 1.54) is 4.88 Å². The Morgan fingerprint density at radius 1 is 1.35 bits per heavy atom. The number of unbranched alkanes of at least 4 members (excludes halogenated alkanes) is 1. The van der Waals surface area contributed by atoms with Gasteiger partial charge in [0.2, 0.25) is 0 Å². The van der Waals surface area contributed by atoms with Gasteiger partial charge in [-0.2, -0.15) is 0 Å². The second-order valence-corrected chi connectivity index (χ2v) is 5.30. The molecule has 2 aromatic heterocycles. The van der Waals surface area contributed by atoms with E-state index >= 15 is 0 Å². The first-order valence-corrected chi connectivity index (χ1v) is 6.71. The van der Waals surface area contributed by atoms with E-state index in [0.717, 1.165) is 36.8 Å². The van der Waals surface area contributed by atoms with E-state index < -0.39 is 0 Å². The number of aryl methyl sites for hydroxylation is 3. The minimum absolute atomic E-state index is 0.987. The minimum Gasteiger partial charge on any atom is -0.362 e. The van der Waals surface area contributed by atoms with Crippen molar-refractivity contribution in [1.29, 1.82) is 0 Å². The third kappa shape index (κ3) is 3.56. The van der Waals surface area contributed by atoms with Gasteiger partial charge >= 0.3 is 0 Å². The van der Waals surface area contributed by atoms with Crippen LogP contribution in [0.5, 0.6) is 0 Å². The van der Waals surface area contributed by atoms with Crippen molar-refractivity contribution in [3.8, 4) is 0 Å². The lowest BCUT2D eigenvalue weighted by Gasteiger charge is -2.03. The topological polar surface area (TPSA) is 42.7 Å². The zero-order chi connectivity index (χ0) is 12.1. The molecule has 2 aromatic rings. The van der Waals surface area contributed by atoms with Gasteiger partial charge in [-0.3, -0.25) is 0 Å². The van der Waals surface area contributed by atoms with Crippen molar-refractivity contribution in [3.63, 3.8) is 0 Å². The number of rotatable bonds is 6. The van der Waals surface area contributed by atoms with Crippen LogP contribution in [0.3, 0.4) is 0 Å². The predicted molar refractivity (Wildman–Crippen MR) is 71.5 cm³/mol. The molecule has 0 saturated carbocycles. The van der Waals surface area contributed by atoms with Gasteiger partial charge in [0, 0.05) is 30.4 Å². The summed E-state index contributed by atoms with van der Waals surface area (Å²) in [6, 6.07) is 0. The van der Waals surface area contributed by atoms with Crippen LogP contribution in [0.15, 0.2) is 18.7 Å². The Bertz CT molecular complexity index is 428. The molecule has 0 radical (unpaired) electrons. The van der Waals surface area contributed by atoms with Gasteiger partial charge in [0.25, 0.3) is 0 Å². The van der Waals surface area contributed by atoms with Gasteiger partial charge in [-0.05, 0) is 26.7 Å². The quantitative estimate of drug-likeness (QED) is 0.802. The molecule has 1 N–H and O–H groups in total. The van der Waals surface area contributed by atoms with Crippen LogP contribution in [0.25, 0.3) is 0 Å². The van der Waals surface area contributed by atoms with Crippen LogP contribution < -0.4 is 5.32 Å². The standard InChI is InChI=1S/C12H18N4S/c1-10-11(2)17-12(15-10)14-5-3-4-7-16-8-6-13-9-16/h6,8-9H,3-5,7H2,1-2H3,(H,14,15). The van der Waals surface area contributed by atoms with E-state index in [1.54, 1.807) is 11.3 Å². The second-order valence-electron chi connectivity index (χ2n) is 4.10. The van der Waals surface area contributed by atoms with Crippen LogP contribution in [0.2, 0.25) is 0 Å². The molecule has 0 aliphatic heterocycles. The average Bonchev–Trinajstić information content (AvgIpc) is 2.90. The molecule has 0 aliphatic carbocycles. The summed E-state index contributed by atoms with van der Waals surface area (Å²) in [5.74, 6) is 0. The fourth-order valence-corrected chi connectivity index (χ4v) is 2.42. The normalized spacial score (nSPS) is 10.7. The lowest BCUT2D eigenvalue weighted by Crippen LogP contribution is -2.03. The van der Waals surface area contributed by atoms with Crippen LogP contribution in [0.1, 0.15) is 23.4 Å². The van der Waals surface area contributed by atoms with Crippen molar-refractivity contribution in [2.75, 3.05) is 11.9 Å². The molecule has 5 heteroatoms. The highest BCUT2D eigenvalue weighted by Crippen LogP contribution is 2.20. The largest absolute Gasteiger partial charge is 0.362 e. The molecule has 0 bridgehead atoms. The van der Waals surface area contributed by atoms with Crippen LogP contribution >= 0.6 is 11.3 Å². The van der Waals surface area contributed by atoms with E-state index in [9.17, 15) is 0 Å². The molecule has 2 heterocycles. The van der Waals surface area contributed by atoms with Crippen LogP contribution in [0.4, 0.5) is 5.13 Å². The van der Waals surface area contributed by atoms with E-state index in [2.05, 4.69) is 33.7 Å². The SMILES string of the molecule is Cc1nc(NCCCCn2ccnc2)sc1C. The van der Waals surface area contributed by atoms with Crippen molar-refractivity contribution >= 4 is 16.5 Å². The number of nitrogens with zero attached hydrogens (tertiary/aromatic N) is 3. The van der Waals surface area contributed by atoms with Gasteiger partial charge in [-0.25, -0.2) is 9.97 Å². The predicted octanol–water partition coefficient (Wildman–Crippen LogP) is 2.85. The molecule has 0 atom stereocenters. The van der Waals surface area contributed by atoms with Gasteiger partial charge in [0.05, 0.1) is 12.0 Å². The zero-order valence-corrected chi connectivity index (χ0v) is 11.1. The monoisotopic (exact) mass is 250 g/mol. The van der Waals surface area contributed by atoms with Gasteiger partial charge in [-0.15, -0.1) is 11.3 Å². The Morgan fingerprint density at radius 3 is 2.88 bits per heavy atom. The summed E-state index contributed by atoms with van der Waals surface area (Å²) in [7, 11) is 0. The van der Waals surface area contributed by atoms with Crippen molar-refractivity contribution < 1.29 is 0 Å². The Morgan fingerprint density at radius 2 is 2.24 bits per heavy atom. The van der Waals surface area contributed by atoms with E-state index in [4.69, 9.17) is 0 Å². The van der Waals surface area contributed by atoms with Crippen LogP contribution in [0, 0.1) is 13.8 Å². The minimum atomic E-state index is 0.987. The zero-order valence-electron chi connectivity index (χ0n) is 10.3. The van der Waals surface area contributed by atoms with Crippen molar-refractivity contribution in [3.05, 3.63) is 29.3 Å². The first-order chi connectivity index (χ1) is 8.25. The molecule has 0 amide bonds. The summed E-state index contributed by atoms with van der Waals surface area (Å²) >= 11 is 1.73. The summed E-state index contributed by atoms with van der Waals surface area (Å²) in [5.41, 5.74) is 1.14. The third-order valence-corrected chi connectivity index (χ3v) is 3.74. The average molecular weight is 250 g/mol. The van der Waals surface area contributed by atoms with E-state index in [-0.39, 0.29) is 0 Å². The maximum atomic E-state index is 4.45. The number of aromatic nitrogens is 3. The summed E-state index contributed by atoms with van der Waals surface area (Å²) in [5, 5.41) is 4.41. The Labute approximate surface area is 106 Å². The maximum absolute atomic E-state index is 4.45. The first-order valence-electron chi connectivity index (χ1n) is 5.89. The highest BCUT2D eigenvalue weighted by atomic mass is 32.1. The summed E-state index contributed by atoms with van der Waals surface area (Å²) in [4.78, 5) is 9.77. The highest BCUT2D eigenvalue weighted by Gasteiger charge is 2.01. The van der Waals surface area contributed by atoms with Crippen molar-refractivity contribution in [1.82, 2.24) is 14.5 Å². The molecule has 0 unspecified atom stereocenters. The number of hydrogen-bond acceptors (Lipinski definition) is 4. The fourth-order valence-electron chi connectivity index (χ4n) is 1.58. The Kier molecular flexibility index (Phi) is 4.14. The lowest BCUT2D eigenvalue weighted by atomic mass is 10.3. The first kappa shape index (κ1) is 12.1. The fraction of sp³-hybridized carbons (Fsp3) is 0.500. The van der Waals surface area contributed by atoms with Crippen molar-refractivity contribution in [2.24, 2.45) is 0 Å². The molecule has 2 rings (SSSR count). The molecular formula is C12H18N4S. The third-order valence-electron chi connectivity index (χ3n) is 2.71. The lowest BCUT2D eigenvalue weighted by molar-refractivity contribution is 0.621. The molecule has 0 aliphatic rings. The Hall–Kier alpha value is -1.36. The van der Waals surface area contributed by atoms with Crippen molar-refractivity contribution in [2.45, 2.75) is 33.2 Å². The molecule has 0 saturated heterocycles. The number of hydrogen-bond donors (Lipinski definition) is 1. The molecule has 4 nitrogen and oxygen atoms in total. The molecule has 0 aromatic carbocycles. The van der Waals surface area contributed by atoms with Crippen LogP contribution in [-0.4, -0.2) is 21.1 Å². The Balaban J connectivity index is 1.63. The van der Waals surface area contributed by atoms with Gasteiger partial charge in [0.1, 0.15) is 0 Å². The number of nitrogens with one attached hydrogen (secondary N) is 1. The molecular weight excluding hydrogens is 232 g/mol.